The van der Waals surface area contributed by atoms with Crippen LogP contribution in [0.5, 0.6) is 0 Å². The SMILES string of the molecule is CC(C)n1c(=O)c2cnc(Nc3cc4c(cc3F)CNCC4)nc2n1-c1cccc(C(C)(C)O)n1. The molecular weight excluding hydrogens is 449 g/mol. The lowest BCUT2D eigenvalue weighted by Crippen LogP contribution is -2.25. The number of nitrogens with one attached hydrogen (secondary N) is 2. The van der Waals surface area contributed by atoms with E-state index < -0.39 is 11.4 Å². The molecule has 0 atom stereocenters. The maximum atomic E-state index is 14.8. The molecular formula is C25H28FN7O2. The fraction of sp³-hybridized carbons (Fsp3) is 0.360. The number of rotatable bonds is 5. The molecule has 1 aliphatic heterocycles. The first kappa shape index (κ1) is 23.1. The molecule has 0 aliphatic carbocycles. The van der Waals surface area contributed by atoms with Crippen LogP contribution in [0, 0.1) is 5.82 Å². The molecule has 10 heteroatoms. The first-order chi connectivity index (χ1) is 16.6. The van der Waals surface area contributed by atoms with Gasteiger partial charge in [0.2, 0.25) is 5.95 Å². The monoisotopic (exact) mass is 477 g/mol. The van der Waals surface area contributed by atoms with Gasteiger partial charge in [0.05, 0.1) is 11.4 Å². The summed E-state index contributed by atoms with van der Waals surface area (Å²) < 4.78 is 18.0. The molecule has 0 amide bonds. The van der Waals surface area contributed by atoms with Crippen LogP contribution in [0.2, 0.25) is 0 Å². The first-order valence-corrected chi connectivity index (χ1v) is 11.6. The number of benzene rings is 1. The Morgan fingerprint density at radius 1 is 1.20 bits per heavy atom. The molecule has 9 nitrogen and oxygen atoms in total. The third-order valence-electron chi connectivity index (χ3n) is 6.11. The van der Waals surface area contributed by atoms with E-state index in [9.17, 15) is 14.3 Å². The summed E-state index contributed by atoms with van der Waals surface area (Å²) in [4.78, 5) is 26.7. The third-order valence-corrected chi connectivity index (χ3v) is 6.11. The second-order valence-corrected chi connectivity index (χ2v) is 9.58. The van der Waals surface area contributed by atoms with Gasteiger partial charge in [-0.3, -0.25) is 4.79 Å². The minimum atomic E-state index is -1.16. The average molecular weight is 478 g/mol. The van der Waals surface area contributed by atoms with Gasteiger partial charge < -0.3 is 15.7 Å². The largest absolute Gasteiger partial charge is 0.384 e. The van der Waals surface area contributed by atoms with Crippen LogP contribution >= 0.6 is 0 Å². The van der Waals surface area contributed by atoms with Gasteiger partial charge in [0.15, 0.2) is 11.5 Å². The number of nitrogens with zero attached hydrogens (tertiary/aromatic N) is 5. The summed E-state index contributed by atoms with van der Waals surface area (Å²) in [5.74, 6) is 0.203. The number of fused-ring (bicyclic) bond motifs is 2. The van der Waals surface area contributed by atoms with Gasteiger partial charge in [-0.1, -0.05) is 6.07 Å². The molecule has 0 saturated heterocycles. The standard InChI is InChI=1S/C25H28FN7O2/c1-14(2)32-23(34)17-13-28-24(29-19-11-15-8-9-27-12-16(15)10-18(19)26)31-22(17)33(32)21-7-5-6-20(30-21)25(3,4)35/h5-7,10-11,13-14,27,35H,8-9,12H2,1-4H3,(H,28,29,31). The Balaban J connectivity index is 1.65. The highest BCUT2D eigenvalue weighted by Crippen LogP contribution is 2.26. The molecule has 4 aromatic rings. The molecule has 0 unspecified atom stereocenters. The van der Waals surface area contributed by atoms with Crippen LogP contribution in [0.25, 0.3) is 16.9 Å². The molecule has 0 fully saturated rings. The van der Waals surface area contributed by atoms with Crippen molar-refractivity contribution >= 4 is 22.7 Å². The van der Waals surface area contributed by atoms with Crippen LogP contribution < -0.4 is 16.2 Å². The van der Waals surface area contributed by atoms with Crippen molar-refractivity contribution in [3.8, 4) is 5.82 Å². The van der Waals surface area contributed by atoms with Crippen molar-refractivity contribution in [3.05, 3.63) is 69.5 Å². The van der Waals surface area contributed by atoms with Crippen molar-refractivity contribution in [2.75, 3.05) is 11.9 Å². The van der Waals surface area contributed by atoms with Crippen molar-refractivity contribution in [1.29, 1.82) is 0 Å². The van der Waals surface area contributed by atoms with Gasteiger partial charge in [0, 0.05) is 18.8 Å². The third kappa shape index (κ3) is 4.19. The Morgan fingerprint density at radius 2 is 2.00 bits per heavy atom. The van der Waals surface area contributed by atoms with E-state index >= 15 is 0 Å². The summed E-state index contributed by atoms with van der Waals surface area (Å²) in [5.41, 5.74) is 1.67. The zero-order valence-corrected chi connectivity index (χ0v) is 20.1. The summed E-state index contributed by atoms with van der Waals surface area (Å²) in [5, 5.41) is 17.0. The zero-order valence-electron chi connectivity index (χ0n) is 20.1. The van der Waals surface area contributed by atoms with E-state index in [0.29, 0.717) is 29.1 Å². The van der Waals surface area contributed by atoms with Crippen molar-refractivity contribution in [3.63, 3.8) is 0 Å². The lowest BCUT2D eigenvalue weighted by Gasteiger charge is -2.19. The lowest BCUT2D eigenvalue weighted by molar-refractivity contribution is 0.0738. The quantitative estimate of drug-likeness (QED) is 0.405. The minimum absolute atomic E-state index is 0.165. The molecule has 0 saturated carbocycles. The Bertz CT molecular complexity index is 1480. The predicted molar refractivity (Wildman–Crippen MR) is 132 cm³/mol. The molecule has 0 bridgehead atoms. The van der Waals surface area contributed by atoms with Crippen LogP contribution in [0.1, 0.15) is 50.6 Å². The fourth-order valence-electron chi connectivity index (χ4n) is 4.35. The second kappa shape index (κ2) is 8.54. The van der Waals surface area contributed by atoms with E-state index in [0.717, 1.165) is 24.1 Å². The Labute approximate surface area is 201 Å². The maximum absolute atomic E-state index is 14.8. The molecule has 182 valence electrons. The fourth-order valence-corrected chi connectivity index (χ4v) is 4.35. The predicted octanol–water partition coefficient (Wildman–Crippen LogP) is 3.31. The van der Waals surface area contributed by atoms with E-state index in [1.165, 1.54) is 12.3 Å². The van der Waals surface area contributed by atoms with Crippen molar-refractivity contribution in [2.45, 2.75) is 52.3 Å². The number of aliphatic hydroxyl groups is 1. The van der Waals surface area contributed by atoms with Gasteiger partial charge in [0.1, 0.15) is 16.8 Å². The molecule has 0 radical (unpaired) electrons. The van der Waals surface area contributed by atoms with E-state index in [-0.39, 0.29) is 23.2 Å². The Kier molecular flexibility index (Phi) is 5.65. The van der Waals surface area contributed by atoms with E-state index in [2.05, 4.69) is 25.6 Å². The van der Waals surface area contributed by atoms with Gasteiger partial charge in [-0.05, 0) is 76.1 Å². The smallest absolute Gasteiger partial charge is 0.278 e. The molecule has 5 rings (SSSR count). The summed E-state index contributed by atoms with van der Waals surface area (Å²) in [6, 6.07) is 8.36. The molecule has 1 aromatic carbocycles. The average Bonchev–Trinajstić information content (AvgIpc) is 3.11. The summed E-state index contributed by atoms with van der Waals surface area (Å²) in [6.07, 6.45) is 2.26. The normalized spacial score (nSPS) is 13.9. The Hall–Kier alpha value is -3.63. The first-order valence-electron chi connectivity index (χ1n) is 11.6. The van der Waals surface area contributed by atoms with Gasteiger partial charge in [-0.2, -0.15) is 4.98 Å². The zero-order chi connectivity index (χ0) is 24.9. The number of pyridine rings is 1. The highest BCUT2D eigenvalue weighted by atomic mass is 19.1. The molecule has 35 heavy (non-hydrogen) atoms. The number of aromatic nitrogens is 5. The highest BCUT2D eigenvalue weighted by molar-refractivity contribution is 5.77. The minimum Gasteiger partial charge on any atom is -0.384 e. The van der Waals surface area contributed by atoms with Crippen LogP contribution in [0.3, 0.4) is 0 Å². The van der Waals surface area contributed by atoms with Crippen molar-refractivity contribution in [2.24, 2.45) is 0 Å². The lowest BCUT2D eigenvalue weighted by atomic mass is 10.00. The topological polar surface area (TPSA) is 110 Å². The van der Waals surface area contributed by atoms with Gasteiger partial charge in [0.25, 0.3) is 5.56 Å². The van der Waals surface area contributed by atoms with Gasteiger partial charge >= 0.3 is 0 Å². The maximum Gasteiger partial charge on any atom is 0.278 e. The molecule has 4 heterocycles. The molecule has 1 aliphatic rings. The van der Waals surface area contributed by atoms with Crippen LogP contribution in [0.4, 0.5) is 16.0 Å². The van der Waals surface area contributed by atoms with Gasteiger partial charge in [-0.15, -0.1) is 0 Å². The highest BCUT2D eigenvalue weighted by Gasteiger charge is 2.23. The molecule has 3 aromatic heterocycles. The van der Waals surface area contributed by atoms with Crippen molar-refractivity contribution < 1.29 is 9.50 Å². The van der Waals surface area contributed by atoms with Crippen LogP contribution in [-0.4, -0.2) is 36.0 Å². The summed E-state index contributed by atoms with van der Waals surface area (Å²) in [7, 11) is 0. The van der Waals surface area contributed by atoms with Crippen LogP contribution in [-0.2, 0) is 18.6 Å². The van der Waals surface area contributed by atoms with E-state index in [4.69, 9.17) is 0 Å². The second-order valence-electron chi connectivity index (χ2n) is 9.58. The number of halogens is 1. The van der Waals surface area contributed by atoms with Crippen molar-refractivity contribution in [1.82, 2.24) is 29.6 Å². The van der Waals surface area contributed by atoms with E-state index in [1.807, 2.05) is 13.8 Å². The molecule has 3 N–H and O–H groups in total. The number of anilines is 2. The molecule has 0 spiro atoms. The number of hydrogen-bond acceptors (Lipinski definition) is 7. The summed E-state index contributed by atoms with van der Waals surface area (Å²) >= 11 is 0. The van der Waals surface area contributed by atoms with E-state index in [1.54, 1.807) is 47.5 Å². The number of hydrogen-bond donors (Lipinski definition) is 3. The summed E-state index contributed by atoms with van der Waals surface area (Å²) in [6.45, 7) is 8.56. The Morgan fingerprint density at radius 3 is 2.74 bits per heavy atom. The van der Waals surface area contributed by atoms with Gasteiger partial charge in [-0.25, -0.2) is 23.7 Å². The van der Waals surface area contributed by atoms with Crippen LogP contribution in [0.15, 0.2) is 41.3 Å².